The summed E-state index contributed by atoms with van der Waals surface area (Å²) in [5.74, 6) is 0.0471. The van der Waals surface area contributed by atoms with Crippen molar-refractivity contribution in [2.75, 3.05) is 27.2 Å². The number of hydrogen-bond acceptors (Lipinski definition) is 6. The number of phenols is 1. The molecule has 1 N–H and O–H groups in total. The lowest BCUT2D eigenvalue weighted by Gasteiger charge is -2.29. The number of hydrogen-bond donors (Lipinski definition) is 1. The molecule has 30 heavy (non-hydrogen) atoms. The number of nitrogens with zero attached hydrogens (tertiary/aromatic N) is 3. The van der Waals surface area contributed by atoms with Crippen molar-refractivity contribution in [1.29, 1.82) is 0 Å². The zero-order valence-corrected chi connectivity index (χ0v) is 17.9. The van der Waals surface area contributed by atoms with E-state index < -0.39 is 5.97 Å². The fourth-order valence-corrected chi connectivity index (χ4v) is 4.44. The summed E-state index contributed by atoms with van der Waals surface area (Å²) in [6.07, 6.45) is 2.12. The highest BCUT2D eigenvalue weighted by molar-refractivity contribution is 6.03. The summed E-state index contributed by atoms with van der Waals surface area (Å²) >= 11 is 0. The number of aryl methyl sites for hydroxylation is 2. The van der Waals surface area contributed by atoms with E-state index in [-0.39, 0.29) is 11.7 Å². The summed E-state index contributed by atoms with van der Waals surface area (Å²) in [6.45, 7) is 5.87. The van der Waals surface area contributed by atoms with E-state index >= 15 is 0 Å². The Kier molecular flexibility index (Phi) is 5.43. The van der Waals surface area contributed by atoms with Crippen LogP contribution in [0.15, 0.2) is 30.3 Å². The van der Waals surface area contributed by atoms with Gasteiger partial charge in [0.1, 0.15) is 5.75 Å². The second-order valence-corrected chi connectivity index (χ2v) is 8.23. The summed E-state index contributed by atoms with van der Waals surface area (Å²) < 4.78 is 5.03. The van der Waals surface area contributed by atoms with E-state index in [0.717, 1.165) is 42.8 Å². The highest BCUT2D eigenvalue weighted by Crippen LogP contribution is 2.34. The monoisotopic (exact) mass is 405 g/mol. The fourth-order valence-electron chi connectivity index (χ4n) is 4.44. The number of methoxy groups -OCH3 is 1. The van der Waals surface area contributed by atoms with Crippen molar-refractivity contribution < 1.29 is 14.6 Å². The number of rotatable bonds is 3. The Balaban J connectivity index is 1.89. The molecule has 0 bridgehead atoms. The molecule has 4 rings (SSSR count). The van der Waals surface area contributed by atoms with Gasteiger partial charge >= 0.3 is 5.97 Å². The van der Waals surface area contributed by atoms with Crippen LogP contribution >= 0.6 is 0 Å². The van der Waals surface area contributed by atoms with Crippen LogP contribution in [0, 0.1) is 13.8 Å². The maximum atomic E-state index is 12.5. The molecule has 6 nitrogen and oxygen atoms in total. The molecule has 1 saturated heterocycles. The van der Waals surface area contributed by atoms with Gasteiger partial charge in [-0.1, -0.05) is 6.07 Å². The number of piperidine rings is 1. The molecule has 2 aromatic heterocycles. The van der Waals surface area contributed by atoms with Gasteiger partial charge in [0.25, 0.3) is 0 Å². The molecule has 1 atom stereocenters. The van der Waals surface area contributed by atoms with Crippen molar-refractivity contribution in [3.8, 4) is 17.0 Å². The van der Waals surface area contributed by atoms with Crippen LogP contribution in [0.1, 0.15) is 45.9 Å². The number of ether oxygens (including phenoxy) is 1. The third-order valence-electron chi connectivity index (χ3n) is 5.86. The van der Waals surface area contributed by atoms with Gasteiger partial charge in [-0.3, -0.25) is 0 Å². The molecule has 1 fully saturated rings. The number of phenolic OH excluding ortho intramolecular Hbond substituents is 1. The number of pyridine rings is 2. The van der Waals surface area contributed by atoms with Crippen molar-refractivity contribution in [3.05, 3.63) is 52.7 Å². The largest absolute Gasteiger partial charge is 0.507 e. The molecule has 0 radical (unpaired) electrons. The lowest BCUT2D eigenvalue weighted by Crippen LogP contribution is -2.31. The number of aromatic nitrogens is 2. The molecule has 0 amide bonds. The Morgan fingerprint density at radius 3 is 2.70 bits per heavy atom. The first-order valence-corrected chi connectivity index (χ1v) is 10.3. The minimum Gasteiger partial charge on any atom is -0.507 e. The number of esters is 1. The van der Waals surface area contributed by atoms with E-state index in [9.17, 15) is 9.90 Å². The predicted molar refractivity (Wildman–Crippen MR) is 117 cm³/mol. The van der Waals surface area contributed by atoms with Crippen LogP contribution in [-0.2, 0) is 4.74 Å². The Bertz CT molecular complexity index is 1100. The smallest absolute Gasteiger partial charge is 0.338 e. The molecule has 3 heterocycles. The summed E-state index contributed by atoms with van der Waals surface area (Å²) in [5, 5.41) is 11.2. The van der Waals surface area contributed by atoms with E-state index in [0.29, 0.717) is 27.9 Å². The minimum absolute atomic E-state index is 0.192. The number of aromatic hydroxyl groups is 1. The van der Waals surface area contributed by atoms with Crippen LogP contribution in [0.5, 0.6) is 5.75 Å². The van der Waals surface area contributed by atoms with E-state index in [1.807, 2.05) is 38.1 Å². The predicted octanol–water partition coefficient (Wildman–Crippen LogP) is 4.22. The minimum atomic E-state index is -0.392. The van der Waals surface area contributed by atoms with E-state index in [1.165, 1.54) is 7.11 Å². The van der Waals surface area contributed by atoms with Crippen LogP contribution in [0.2, 0.25) is 0 Å². The Morgan fingerprint density at radius 2 is 2.00 bits per heavy atom. The lowest BCUT2D eigenvalue weighted by molar-refractivity contribution is 0.0602. The molecular formula is C24H27N3O3. The third kappa shape index (κ3) is 3.75. The van der Waals surface area contributed by atoms with Crippen molar-refractivity contribution >= 4 is 17.0 Å². The van der Waals surface area contributed by atoms with Crippen molar-refractivity contribution in [3.63, 3.8) is 0 Å². The second-order valence-electron chi connectivity index (χ2n) is 8.23. The average molecular weight is 405 g/mol. The SMILES string of the molecule is COC(=O)c1cc(C2CCCN(C)C2)nc2nc(-c3c(C)cc(C)cc3O)ccc12. The van der Waals surface area contributed by atoms with Gasteiger partial charge in [-0.2, -0.15) is 0 Å². The molecular weight excluding hydrogens is 378 g/mol. The maximum absolute atomic E-state index is 12.5. The topological polar surface area (TPSA) is 75.5 Å². The molecule has 1 aliphatic heterocycles. The van der Waals surface area contributed by atoms with Gasteiger partial charge in [-0.05, 0) is 75.7 Å². The maximum Gasteiger partial charge on any atom is 0.338 e. The third-order valence-corrected chi connectivity index (χ3v) is 5.86. The van der Waals surface area contributed by atoms with Crippen LogP contribution in [0.3, 0.4) is 0 Å². The zero-order valence-electron chi connectivity index (χ0n) is 17.9. The first kappa shape index (κ1) is 20.3. The molecule has 0 spiro atoms. The highest BCUT2D eigenvalue weighted by atomic mass is 16.5. The zero-order chi connectivity index (χ0) is 21.4. The lowest BCUT2D eigenvalue weighted by atomic mass is 9.93. The molecule has 156 valence electrons. The molecule has 1 aromatic carbocycles. The van der Waals surface area contributed by atoms with E-state index in [2.05, 4.69) is 11.9 Å². The first-order chi connectivity index (χ1) is 14.4. The number of likely N-dealkylation sites (tertiary alicyclic amines) is 1. The van der Waals surface area contributed by atoms with Crippen molar-refractivity contribution in [2.45, 2.75) is 32.6 Å². The molecule has 0 saturated carbocycles. The molecule has 6 heteroatoms. The molecule has 1 unspecified atom stereocenters. The van der Waals surface area contributed by atoms with Crippen LogP contribution in [-0.4, -0.2) is 53.2 Å². The molecule has 1 aliphatic rings. The Morgan fingerprint density at radius 1 is 1.20 bits per heavy atom. The van der Waals surface area contributed by atoms with Crippen molar-refractivity contribution in [2.24, 2.45) is 0 Å². The van der Waals surface area contributed by atoms with Crippen LogP contribution in [0.25, 0.3) is 22.3 Å². The van der Waals surface area contributed by atoms with Gasteiger partial charge in [0, 0.05) is 29.1 Å². The highest BCUT2D eigenvalue weighted by Gasteiger charge is 2.24. The number of likely N-dealkylation sites (N-methyl/N-ethyl adjacent to an activating group) is 1. The summed E-state index contributed by atoms with van der Waals surface area (Å²) in [4.78, 5) is 24.4. The van der Waals surface area contributed by atoms with Crippen LogP contribution in [0.4, 0.5) is 0 Å². The van der Waals surface area contributed by atoms with Gasteiger partial charge in [0.05, 0.1) is 18.4 Å². The van der Waals surface area contributed by atoms with Gasteiger partial charge in [-0.15, -0.1) is 0 Å². The average Bonchev–Trinajstić information content (AvgIpc) is 2.71. The van der Waals surface area contributed by atoms with Gasteiger partial charge in [-0.25, -0.2) is 14.8 Å². The van der Waals surface area contributed by atoms with Crippen LogP contribution < -0.4 is 0 Å². The Labute approximate surface area is 176 Å². The molecule has 0 aliphatic carbocycles. The quantitative estimate of drug-likeness (QED) is 0.658. The number of fused-ring (bicyclic) bond motifs is 1. The summed E-state index contributed by atoms with van der Waals surface area (Å²) in [6, 6.07) is 9.26. The summed E-state index contributed by atoms with van der Waals surface area (Å²) in [7, 11) is 3.49. The van der Waals surface area contributed by atoms with Gasteiger partial charge in [0.2, 0.25) is 0 Å². The van der Waals surface area contributed by atoms with Crippen molar-refractivity contribution in [1.82, 2.24) is 14.9 Å². The number of carbonyl (C=O) groups excluding carboxylic acids is 1. The van der Waals surface area contributed by atoms with Gasteiger partial charge < -0.3 is 14.7 Å². The van der Waals surface area contributed by atoms with Gasteiger partial charge in [0.15, 0.2) is 5.65 Å². The fraction of sp³-hybridized carbons (Fsp3) is 0.375. The normalized spacial score (nSPS) is 17.3. The van der Waals surface area contributed by atoms with E-state index in [4.69, 9.17) is 14.7 Å². The van der Waals surface area contributed by atoms with E-state index in [1.54, 1.807) is 6.07 Å². The Hall–Kier alpha value is -2.99. The summed E-state index contributed by atoms with van der Waals surface area (Å²) in [5.41, 5.74) is 5.10. The number of benzene rings is 1. The standard InChI is InChI=1S/C24H27N3O3/c1-14-10-15(2)22(21(28)11-14)19-8-7-17-18(24(29)30-4)12-20(26-23(17)25-19)16-6-5-9-27(3)13-16/h7-8,10-12,16,28H,5-6,9,13H2,1-4H3. The second kappa shape index (κ2) is 8.03. The molecule has 3 aromatic rings. The first-order valence-electron chi connectivity index (χ1n) is 10.3. The number of carbonyl (C=O) groups is 1.